The van der Waals surface area contributed by atoms with Gasteiger partial charge in [0, 0.05) is 30.7 Å². The summed E-state index contributed by atoms with van der Waals surface area (Å²) in [5, 5.41) is 2.49. The van der Waals surface area contributed by atoms with E-state index in [1.54, 1.807) is 41.5 Å². The van der Waals surface area contributed by atoms with Crippen LogP contribution in [0.25, 0.3) is 0 Å². The predicted octanol–water partition coefficient (Wildman–Crippen LogP) is 1.57. The molecule has 6 heteroatoms. The maximum Gasteiger partial charge on any atom is 0.242 e. The minimum atomic E-state index is -0.509. The van der Waals surface area contributed by atoms with Crippen LogP contribution in [-0.4, -0.2) is 48.4 Å². The lowest BCUT2D eigenvalue weighted by molar-refractivity contribution is -0.137. The minimum absolute atomic E-state index is 0.00636. The molecule has 0 atom stereocenters. The van der Waals surface area contributed by atoms with Crippen LogP contribution in [0.4, 0.5) is 0 Å². The fourth-order valence-corrected chi connectivity index (χ4v) is 1.54. The zero-order valence-electron chi connectivity index (χ0n) is 15.4. The van der Waals surface area contributed by atoms with Gasteiger partial charge in [-0.1, -0.05) is 41.5 Å². The second-order valence-corrected chi connectivity index (χ2v) is 7.87. The summed E-state index contributed by atoms with van der Waals surface area (Å²) in [6, 6.07) is 0. The molecule has 0 aromatic rings. The van der Waals surface area contributed by atoms with E-state index >= 15 is 0 Å². The number of carbonyl (C=O) groups excluding carboxylic acids is 4. The van der Waals surface area contributed by atoms with Crippen LogP contribution in [0.2, 0.25) is 0 Å². The third-order valence-electron chi connectivity index (χ3n) is 3.50. The molecular formula is C17H30N2O4. The topological polar surface area (TPSA) is 83.6 Å². The van der Waals surface area contributed by atoms with Gasteiger partial charge in [-0.05, 0) is 0 Å². The lowest BCUT2D eigenvalue weighted by Gasteiger charge is -2.22. The Morgan fingerprint density at radius 2 is 1.30 bits per heavy atom. The Kier molecular flexibility index (Phi) is 7.61. The molecule has 0 heterocycles. The van der Waals surface area contributed by atoms with E-state index in [-0.39, 0.29) is 49.3 Å². The molecule has 6 nitrogen and oxygen atoms in total. The minimum Gasteiger partial charge on any atom is -0.347 e. The van der Waals surface area contributed by atoms with Crippen LogP contribution in [0.15, 0.2) is 0 Å². The molecule has 0 spiro atoms. The van der Waals surface area contributed by atoms with Crippen molar-refractivity contribution in [3.63, 3.8) is 0 Å². The number of rotatable bonds is 7. The fraction of sp³-hybridized carbons (Fsp3) is 0.765. The molecule has 0 aromatic heterocycles. The second-order valence-electron chi connectivity index (χ2n) is 7.87. The first-order valence-corrected chi connectivity index (χ1v) is 7.82. The third kappa shape index (κ3) is 8.47. The molecule has 0 unspecified atom stereocenters. The van der Waals surface area contributed by atoms with Crippen LogP contribution in [-0.2, 0) is 19.2 Å². The summed E-state index contributed by atoms with van der Waals surface area (Å²) in [6.07, 6.45) is 0.218. The van der Waals surface area contributed by atoms with E-state index in [0.717, 1.165) is 0 Å². The highest BCUT2D eigenvalue weighted by atomic mass is 16.2. The second kappa shape index (κ2) is 8.22. The first-order chi connectivity index (χ1) is 10.2. The van der Waals surface area contributed by atoms with Crippen LogP contribution in [0.3, 0.4) is 0 Å². The maximum atomic E-state index is 11.9. The van der Waals surface area contributed by atoms with Crippen LogP contribution in [0, 0.1) is 10.8 Å². The molecule has 0 saturated carbocycles. The maximum absolute atomic E-state index is 11.9. The lowest BCUT2D eigenvalue weighted by atomic mass is 9.88. The van der Waals surface area contributed by atoms with E-state index in [0.29, 0.717) is 0 Å². The summed E-state index contributed by atoms with van der Waals surface area (Å²) in [6.45, 7) is 10.6. The van der Waals surface area contributed by atoms with Crippen molar-refractivity contribution in [2.24, 2.45) is 10.8 Å². The van der Waals surface area contributed by atoms with Crippen LogP contribution >= 0.6 is 0 Å². The zero-order chi connectivity index (χ0) is 18.4. The predicted molar refractivity (Wildman–Crippen MR) is 88.8 cm³/mol. The molecule has 0 aliphatic carbocycles. The summed E-state index contributed by atoms with van der Waals surface area (Å²) in [7, 11) is 1.53. The zero-order valence-corrected chi connectivity index (χ0v) is 15.4. The molecule has 1 N–H and O–H groups in total. The molecule has 0 fully saturated rings. The highest BCUT2D eigenvalue weighted by Crippen LogP contribution is 2.17. The highest BCUT2D eigenvalue weighted by molar-refractivity contribution is 5.92. The Labute approximate surface area is 139 Å². The summed E-state index contributed by atoms with van der Waals surface area (Å²) < 4.78 is 0. The quantitative estimate of drug-likeness (QED) is 0.770. The molecule has 0 aromatic carbocycles. The van der Waals surface area contributed by atoms with Crippen molar-refractivity contribution in [3.8, 4) is 0 Å². The van der Waals surface area contributed by atoms with Gasteiger partial charge >= 0.3 is 0 Å². The average molecular weight is 326 g/mol. The van der Waals surface area contributed by atoms with Crippen LogP contribution in [0.1, 0.15) is 54.4 Å². The van der Waals surface area contributed by atoms with Crippen molar-refractivity contribution in [2.45, 2.75) is 54.4 Å². The average Bonchev–Trinajstić information content (AvgIpc) is 2.39. The first kappa shape index (κ1) is 21.3. The Balaban J connectivity index is 4.21. The number of ketones is 2. The number of nitrogens with one attached hydrogen (secondary N) is 1. The Morgan fingerprint density at radius 1 is 0.826 bits per heavy atom. The Morgan fingerprint density at radius 3 is 1.74 bits per heavy atom. The van der Waals surface area contributed by atoms with Crippen LogP contribution < -0.4 is 5.32 Å². The third-order valence-corrected chi connectivity index (χ3v) is 3.50. The number of Topliss-reactive ketones (excluding diaryl/α,β-unsaturated/α-hetero) is 2. The number of amides is 2. The van der Waals surface area contributed by atoms with Gasteiger partial charge in [0.15, 0.2) is 5.78 Å². The summed E-state index contributed by atoms with van der Waals surface area (Å²) in [4.78, 5) is 48.5. The first-order valence-electron chi connectivity index (χ1n) is 7.82. The molecule has 2 amide bonds. The van der Waals surface area contributed by atoms with E-state index < -0.39 is 10.8 Å². The van der Waals surface area contributed by atoms with Gasteiger partial charge in [0.1, 0.15) is 5.78 Å². The molecule has 0 aliphatic heterocycles. The van der Waals surface area contributed by atoms with Gasteiger partial charge in [0.25, 0.3) is 0 Å². The lowest BCUT2D eigenvalue weighted by Crippen LogP contribution is -2.42. The van der Waals surface area contributed by atoms with E-state index in [1.165, 1.54) is 11.9 Å². The summed E-state index contributed by atoms with van der Waals surface area (Å²) in [5.74, 6) is -0.716. The van der Waals surface area contributed by atoms with Gasteiger partial charge in [0.2, 0.25) is 11.8 Å². The van der Waals surface area contributed by atoms with Crippen molar-refractivity contribution >= 4 is 23.4 Å². The van der Waals surface area contributed by atoms with Crippen molar-refractivity contribution in [1.29, 1.82) is 0 Å². The van der Waals surface area contributed by atoms with E-state index in [9.17, 15) is 19.2 Å². The molecule has 23 heavy (non-hydrogen) atoms. The summed E-state index contributed by atoms with van der Waals surface area (Å²) >= 11 is 0. The van der Waals surface area contributed by atoms with Gasteiger partial charge in [-0.15, -0.1) is 0 Å². The molecule has 0 rings (SSSR count). The van der Waals surface area contributed by atoms with E-state index in [4.69, 9.17) is 0 Å². The van der Waals surface area contributed by atoms with Crippen molar-refractivity contribution in [1.82, 2.24) is 10.2 Å². The fourth-order valence-electron chi connectivity index (χ4n) is 1.54. The van der Waals surface area contributed by atoms with Gasteiger partial charge in [0.05, 0.1) is 13.1 Å². The molecule has 132 valence electrons. The van der Waals surface area contributed by atoms with Gasteiger partial charge in [-0.25, -0.2) is 0 Å². The normalized spacial score (nSPS) is 11.8. The van der Waals surface area contributed by atoms with E-state index in [1.807, 2.05) is 0 Å². The molecule has 0 saturated heterocycles. The van der Waals surface area contributed by atoms with Gasteiger partial charge < -0.3 is 10.2 Å². The van der Waals surface area contributed by atoms with Crippen molar-refractivity contribution in [3.05, 3.63) is 0 Å². The Hall–Kier alpha value is -1.72. The number of carbonyl (C=O) groups is 4. The van der Waals surface area contributed by atoms with Gasteiger partial charge in [-0.2, -0.15) is 0 Å². The smallest absolute Gasteiger partial charge is 0.242 e. The molecule has 0 aliphatic rings. The summed E-state index contributed by atoms with van der Waals surface area (Å²) in [5.41, 5.74) is -0.977. The van der Waals surface area contributed by atoms with Crippen molar-refractivity contribution < 1.29 is 19.2 Å². The molecule has 0 bridgehead atoms. The molecule has 0 radical (unpaired) electrons. The Bertz CT molecular complexity index is 470. The highest BCUT2D eigenvalue weighted by Gasteiger charge is 2.24. The van der Waals surface area contributed by atoms with E-state index in [2.05, 4.69) is 5.32 Å². The monoisotopic (exact) mass is 326 g/mol. The standard InChI is InChI=1S/C17H30N2O4/c1-16(2,3)12(20)8-9-14(22)18-10-15(23)19(7)11-13(21)17(4,5)6/h8-11H2,1-7H3,(H,18,22). The number of hydrogen-bond donors (Lipinski definition) is 1. The largest absolute Gasteiger partial charge is 0.347 e. The molecular weight excluding hydrogens is 296 g/mol. The van der Waals surface area contributed by atoms with Gasteiger partial charge in [-0.3, -0.25) is 19.2 Å². The van der Waals surface area contributed by atoms with Crippen molar-refractivity contribution in [2.75, 3.05) is 20.1 Å². The number of hydrogen-bond acceptors (Lipinski definition) is 4. The number of nitrogens with zero attached hydrogens (tertiary/aromatic N) is 1. The SMILES string of the molecule is CN(CC(=O)C(C)(C)C)C(=O)CNC(=O)CCC(=O)C(C)(C)C. The van der Waals surface area contributed by atoms with Crippen LogP contribution in [0.5, 0.6) is 0 Å². The number of likely N-dealkylation sites (N-methyl/N-ethyl adjacent to an activating group) is 1.